The quantitative estimate of drug-likeness (QED) is 0.0766. The van der Waals surface area contributed by atoms with E-state index in [4.69, 9.17) is 20.9 Å². The normalized spacial score (nSPS) is 28.1. The number of amides is 2. The molecule has 2 aromatic rings. The second-order valence-corrected chi connectivity index (χ2v) is 11.7. The summed E-state index contributed by atoms with van der Waals surface area (Å²) >= 11 is 0. The molecular formula is C22H28MgN4O16P2. The molecule has 2 saturated heterocycles. The summed E-state index contributed by atoms with van der Waals surface area (Å²) in [4.78, 5) is 64.0. The number of aromatic nitrogens is 2. The third-order valence-electron chi connectivity index (χ3n) is 6.27. The summed E-state index contributed by atoms with van der Waals surface area (Å²) in [6.45, 7) is -1.45. The van der Waals surface area contributed by atoms with E-state index in [1.54, 1.807) is 0 Å². The minimum atomic E-state index is -5.22. The summed E-state index contributed by atoms with van der Waals surface area (Å²) < 4.78 is 42.1. The average Bonchev–Trinajstić information content (AvgIpc) is 3.40. The Kier molecular flexibility index (Phi) is 14.1. The van der Waals surface area contributed by atoms with Crippen LogP contribution >= 0.6 is 15.6 Å². The van der Waals surface area contributed by atoms with Crippen LogP contribution in [0, 0.1) is 0 Å². The molecule has 45 heavy (non-hydrogen) atoms. The summed E-state index contributed by atoms with van der Waals surface area (Å²) in [7, 11) is -10.4. The Morgan fingerprint density at radius 3 is 1.36 bits per heavy atom. The number of aliphatic hydroxyl groups is 4. The van der Waals surface area contributed by atoms with E-state index in [1.165, 1.54) is 58.2 Å². The van der Waals surface area contributed by atoms with Gasteiger partial charge in [0.15, 0.2) is 37.0 Å². The fourth-order valence-electron chi connectivity index (χ4n) is 4.15. The molecule has 23 heteroatoms. The van der Waals surface area contributed by atoms with Crippen LogP contribution in [0.4, 0.5) is 0 Å². The summed E-state index contributed by atoms with van der Waals surface area (Å²) in [6, 6.07) is 5.86. The molecule has 4 rings (SSSR count). The molecule has 2 amide bonds. The smallest absolute Gasteiger partial charge is 0.790 e. The first-order chi connectivity index (χ1) is 20.4. The first kappa shape index (κ1) is 39.2. The number of phosphoric ester groups is 2. The van der Waals surface area contributed by atoms with Gasteiger partial charge < -0.3 is 79.1 Å². The average molecular weight is 691 g/mol. The van der Waals surface area contributed by atoms with E-state index in [1.807, 2.05) is 0 Å². The van der Waals surface area contributed by atoms with Crippen molar-refractivity contribution in [2.24, 2.45) is 11.5 Å². The Morgan fingerprint density at radius 1 is 0.733 bits per heavy atom. The zero-order valence-electron chi connectivity index (χ0n) is 23.0. The van der Waals surface area contributed by atoms with E-state index in [-0.39, 0.29) is 34.2 Å². The van der Waals surface area contributed by atoms with Crippen molar-refractivity contribution in [2.45, 2.75) is 49.1 Å². The molecule has 0 bridgehead atoms. The zero-order valence-corrected chi connectivity index (χ0v) is 26.2. The molecule has 8 N–H and O–H groups in total. The van der Waals surface area contributed by atoms with Crippen molar-refractivity contribution < 1.29 is 86.4 Å². The monoisotopic (exact) mass is 690 g/mol. The van der Waals surface area contributed by atoms with Crippen LogP contribution in [0.1, 0.15) is 33.2 Å². The molecule has 2 fully saturated rings. The summed E-state index contributed by atoms with van der Waals surface area (Å²) in [6.07, 6.45) is -4.88. The molecule has 0 saturated carbocycles. The van der Waals surface area contributed by atoms with Crippen LogP contribution in [-0.4, -0.2) is 105 Å². The van der Waals surface area contributed by atoms with Gasteiger partial charge in [0.05, 0.1) is 28.9 Å². The van der Waals surface area contributed by atoms with Gasteiger partial charge >= 0.3 is 23.1 Å². The van der Waals surface area contributed by atoms with E-state index in [0.717, 1.165) is 0 Å². The first-order valence-electron chi connectivity index (χ1n) is 12.4. The number of phosphoric acid groups is 2. The molecule has 20 nitrogen and oxygen atoms in total. The largest absolute Gasteiger partial charge is 2.00 e. The molecule has 2 aliphatic heterocycles. The fourth-order valence-corrected chi connectivity index (χ4v) is 4.81. The van der Waals surface area contributed by atoms with Crippen LogP contribution in [0.2, 0.25) is 0 Å². The van der Waals surface area contributed by atoms with Gasteiger partial charge in [-0.25, -0.2) is 0 Å². The van der Waals surface area contributed by atoms with E-state index in [0.29, 0.717) is 0 Å². The third-order valence-corrected chi connectivity index (χ3v) is 7.20. The predicted octanol–water partition coefficient (Wildman–Crippen LogP) is -7.31. The van der Waals surface area contributed by atoms with Crippen LogP contribution in [0.3, 0.4) is 0 Å². The Hall–Kier alpha value is -2.01. The van der Waals surface area contributed by atoms with Gasteiger partial charge in [-0.05, 0) is 12.1 Å². The summed E-state index contributed by atoms with van der Waals surface area (Å²) in [5.41, 5.74) is 10.6. The van der Waals surface area contributed by atoms with Crippen molar-refractivity contribution in [1.82, 2.24) is 0 Å². The van der Waals surface area contributed by atoms with E-state index < -0.39 is 89.8 Å². The Morgan fingerprint density at radius 2 is 1.07 bits per heavy atom. The number of hydrogen-bond acceptors (Lipinski definition) is 16. The second-order valence-electron chi connectivity index (χ2n) is 9.39. The number of hydrogen-bond donors (Lipinski definition) is 6. The van der Waals surface area contributed by atoms with Crippen molar-refractivity contribution in [3.63, 3.8) is 0 Å². The Balaban J connectivity index is 0.000000307. The maximum atomic E-state index is 11.1. The number of rotatable bonds is 10. The topological polar surface area (TPSA) is 338 Å². The van der Waals surface area contributed by atoms with Crippen LogP contribution in [0.15, 0.2) is 49.1 Å². The maximum absolute atomic E-state index is 11.1. The number of nitrogens with two attached hydrogens (primary N) is 2. The number of pyridine rings is 2. The number of primary amides is 2. The molecule has 0 spiro atoms. The molecule has 0 radical (unpaired) electrons. The Labute approximate surface area is 270 Å². The van der Waals surface area contributed by atoms with Gasteiger partial charge in [0.2, 0.25) is 0 Å². The standard InChI is InChI=1S/2C11H15N2O8P.Mg/c2*12-10(16)6-2-1-3-13(4-6)11-9(15)8(14)7(21-11)5-20-22(17,18)19;/h2*1-4,7-9,11,14-15H,5H2,(H3-,12,16,17,18,19);/q;;+2/p-2/t2*7-,8-,9-,11-;/m11./s1. The minimum Gasteiger partial charge on any atom is -0.790 e. The first-order valence-corrected chi connectivity index (χ1v) is 15.3. The molecule has 0 unspecified atom stereocenters. The van der Waals surface area contributed by atoms with Gasteiger partial charge in [0, 0.05) is 12.1 Å². The molecule has 244 valence electrons. The van der Waals surface area contributed by atoms with Crippen molar-refractivity contribution in [1.29, 1.82) is 0 Å². The Bertz CT molecular complexity index is 1320. The zero-order chi connectivity index (χ0) is 33.0. The predicted molar refractivity (Wildman–Crippen MR) is 135 cm³/mol. The fraction of sp³-hybridized carbons (Fsp3) is 0.455. The summed E-state index contributed by atoms with van der Waals surface area (Å²) in [5, 5.41) is 39.5. The van der Waals surface area contributed by atoms with E-state index >= 15 is 0 Å². The SMILES string of the molecule is NC(=O)c1ccc[n+]([C@@H]2O[C@H](COP(=O)([O-])[O-])[C@@H](O)[C@H]2O)c1.NC(=O)c1ccc[n+]([C@@H]2O[C@H](COP(=O)([O-])[O-])[C@@H](O)[C@H]2O)c1.[Mg+2]. The van der Waals surface area contributed by atoms with Crippen LogP contribution in [0.25, 0.3) is 0 Å². The maximum Gasteiger partial charge on any atom is 2.00 e. The number of nitrogens with zero attached hydrogens (tertiary/aromatic N) is 2. The molecule has 0 aromatic carbocycles. The van der Waals surface area contributed by atoms with Gasteiger partial charge in [0.25, 0.3) is 24.3 Å². The minimum absolute atomic E-state index is 0. The molecular weight excluding hydrogens is 663 g/mol. The number of carbonyl (C=O) groups excluding carboxylic acids is 2. The van der Waals surface area contributed by atoms with Crippen molar-refractivity contribution in [3.05, 3.63) is 60.2 Å². The number of ether oxygens (including phenoxy) is 2. The van der Waals surface area contributed by atoms with Crippen molar-refractivity contribution in [2.75, 3.05) is 13.2 Å². The van der Waals surface area contributed by atoms with E-state index in [9.17, 15) is 58.7 Å². The number of aliphatic hydroxyl groups excluding tert-OH is 4. The van der Waals surface area contributed by atoms with Crippen LogP contribution in [0.5, 0.6) is 0 Å². The van der Waals surface area contributed by atoms with E-state index in [2.05, 4.69) is 9.05 Å². The number of carbonyl (C=O) groups is 2. The van der Waals surface area contributed by atoms with Gasteiger partial charge in [-0.1, -0.05) is 0 Å². The second kappa shape index (κ2) is 16.2. The third kappa shape index (κ3) is 11.0. The molecule has 2 aliphatic rings. The molecule has 8 atom stereocenters. The van der Waals surface area contributed by atoms with Crippen molar-refractivity contribution >= 4 is 50.5 Å². The molecule has 2 aromatic heterocycles. The molecule has 0 aliphatic carbocycles. The van der Waals surface area contributed by atoms with Gasteiger partial charge in [-0.15, -0.1) is 0 Å². The van der Waals surface area contributed by atoms with Gasteiger partial charge in [-0.3, -0.25) is 9.59 Å². The van der Waals surface area contributed by atoms with Gasteiger partial charge in [0.1, 0.15) is 35.5 Å². The van der Waals surface area contributed by atoms with Crippen LogP contribution in [-0.2, 0) is 27.7 Å². The molecule has 4 heterocycles. The summed E-state index contributed by atoms with van der Waals surface area (Å²) in [5.74, 6) is -1.39. The van der Waals surface area contributed by atoms with Gasteiger partial charge in [-0.2, -0.15) is 9.13 Å². The van der Waals surface area contributed by atoms with Crippen molar-refractivity contribution in [3.8, 4) is 0 Å². The van der Waals surface area contributed by atoms with Crippen LogP contribution < -0.4 is 40.2 Å².